The second-order valence-electron chi connectivity index (χ2n) is 4.84. The molecule has 0 bridgehead atoms. The molecule has 2 N–H and O–H groups in total. The fourth-order valence-corrected chi connectivity index (χ4v) is 1.98. The summed E-state index contributed by atoms with van der Waals surface area (Å²) in [4.78, 5) is 11.8. The lowest BCUT2D eigenvalue weighted by Crippen LogP contribution is -2.35. The van der Waals surface area contributed by atoms with Crippen LogP contribution in [0.25, 0.3) is 0 Å². The number of Topliss-reactive ketones (excluding diaryl/α,β-unsaturated/α-hetero) is 1. The van der Waals surface area contributed by atoms with Crippen LogP contribution in [0.2, 0.25) is 0 Å². The maximum atomic E-state index is 11.8. The van der Waals surface area contributed by atoms with Crippen LogP contribution in [0.5, 0.6) is 5.75 Å². The van der Waals surface area contributed by atoms with Gasteiger partial charge in [-0.3, -0.25) is 4.79 Å². The maximum absolute atomic E-state index is 11.8. The number of carbonyl (C=O) groups is 1. The van der Waals surface area contributed by atoms with E-state index < -0.39 is 5.54 Å². The molecule has 1 aromatic carbocycles. The Hall–Kier alpha value is -0.870. The molecule has 0 aliphatic carbocycles. The van der Waals surface area contributed by atoms with Gasteiger partial charge in [-0.25, -0.2) is 0 Å². The summed E-state index contributed by atoms with van der Waals surface area (Å²) in [5.74, 6) is 0.884. The maximum Gasteiger partial charge on any atom is 0.139 e. The van der Waals surface area contributed by atoms with Gasteiger partial charge in [0, 0.05) is 22.9 Å². The van der Waals surface area contributed by atoms with Crippen molar-refractivity contribution >= 4 is 21.7 Å². The number of halogens is 1. The highest BCUT2D eigenvalue weighted by Gasteiger charge is 2.17. The van der Waals surface area contributed by atoms with E-state index in [2.05, 4.69) is 15.9 Å². The molecule has 0 fully saturated rings. The van der Waals surface area contributed by atoms with Gasteiger partial charge in [0.05, 0.1) is 7.11 Å². The monoisotopic (exact) mass is 299 g/mol. The molecule has 1 aromatic rings. The second kappa shape index (κ2) is 5.65. The predicted molar refractivity (Wildman–Crippen MR) is 72.3 cm³/mol. The molecule has 0 saturated carbocycles. The first-order valence-electron chi connectivity index (χ1n) is 5.45. The SMILES string of the molecule is COc1ccc(Br)c(CC(=O)CC(C)(C)N)c1. The van der Waals surface area contributed by atoms with Gasteiger partial charge in [0.25, 0.3) is 0 Å². The zero-order valence-corrected chi connectivity index (χ0v) is 12.0. The summed E-state index contributed by atoms with van der Waals surface area (Å²) in [7, 11) is 1.61. The molecule has 3 nitrogen and oxygen atoms in total. The number of nitrogens with two attached hydrogens (primary N) is 1. The first kappa shape index (κ1) is 14.2. The Kier molecular flexibility index (Phi) is 4.71. The molecule has 0 atom stereocenters. The average Bonchev–Trinajstić information content (AvgIpc) is 2.18. The highest BCUT2D eigenvalue weighted by atomic mass is 79.9. The van der Waals surface area contributed by atoms with Gasteiger partial charge >= 0.3 is 0 Å². The minimum absolute atomic E-state index is 0.131. The van der Waals surface area contributed by atoms with Crippen LogP contribution in [-0.2, 0) is 11.2 Å². The van der Waals surface area contributed by atoms with Gasteiger partial charge in [-0.05, 0) is 37.6 Å². The molecule has 0 unspecified atom stereocenters. The Morgan fingerprint density at radius 2 is 2.12 bits per heavy atom. The molecular weight excluding hydrogens is 282 g/mol. The van der Waals surface area contributed by atoms with Crippen LogP contribution in [-0.4, -0.2) is 18.4 Å². The second-order valence-corrected chi connectivity index (χ2v) is 5.69. The Bertz CT molecular complexity index is 410. The molecule has 1 rings (SSSR count). The summed E-state index contributed by atoms with van der Waals surface area (Å²) in [6.07, 6.45) is 0.745. The Morgan fingerprint density at radius 1 is 1.47 bits per heavy atom. The summed E-state index contributed by atoms with van der Waals surface area (Å²) >= 11 is 3.43. The number of hydrogen-bond donors (Lipinski definition) is 1. The van der Waals surface area contributed by atoms with E-state index in [0.717, 1.165) is 15.8 Å². The fourth-order valence-electron chi connectivity index (χ4n) is 1.60. The molecule has 0 aromatic heterocycles. The number of hydrogen-bond acceptors (Lipinski definition) is 3. The lowest BCUT2D eigenvalue weighted by atomic mass is 9.95. The smallest absolute Gasteiger partial charge is 0.139 e. The van der Waals surface area contributed by atoms with E-state index in [9.17, 15) is 4.79 Å². The number of methoxy groups -OCH3 is 1. The molecule has 0 saturated heterocycles. The number of ether oxygens (including phenoxy) is 1. The van der Waals surface area contributed by atoms with Crippen molar-refractivity contribution in [1.82, 2.24) is 0 Å². The highest BCUT2D eigenvalue weighted by molar-refractivity contribution is 9.10. The van der Waals surface area contributed by atoms with Crippen LogP contribution in [0.1, 0.15) is 25.8 Å². The van der Waals surface area contributed by atoms with E-state index in [1.807, 2.05) is 32.0 Å². The summed E-state index contributed by atoms with van der Waals surface area (Å²) in [6.45, 7) is 3.71. The summed E-state index contributed by atoms with van der Waals surface area (Å²) in [5.41, 5.74) is 6.30. The molecule has 17 heavy (non-hydrogen) atoms. The third-order valence-electron chi connectivity index (χ3n) is 2.29. The molecule has 0 aliphatic heterocycles. The molecular formula is C13H18BrNO2. The van der Waals surface area contributed by atoms with Gasteiger partial charge < -0.3 is 10.5 Å². The average molecular weight is 300 g/mol. The lowest BCUT2D eigenvalue weighted by molar-refractivity contribution is -0.119. The number of ketones is 1. The molecule has 0 amide bonds. The van der Waals surface area contributed by atoms with E-state index in [0.29, 0.717) is 12.8 Å². The minimum Gasteiger partial charge on any atom is -0.497 e. The van der Waals surface area contributed by atoms with E-state index in [1.165, 1.54) is 0 Å². The zero-order chi connectivity index (χ0) is 13.1. The first-order valence-corrected chi connectivity index (χ1v) is 6.24. The van der Waals surface area contributed by atoms with Crippen LogP contribution in [0.15, 0.2) is 22.7 Å². The van der Waals surface area contributed by atoms with Crippen molar-refractivity contribution < 1.29 is 9.53 Å². The summed E-state index contributed by atoms with van der Waals surface area (Å²) < 4.78 is 6.05. The fraction of sp³-hybridized carbons (Fsp3) is 0.462. The van der Waals surface area contributed by atoms with E-state index in [1.54, 1.807) is 7.11 Å². The van der Waals surface area contributed by atoms with Crippen molar-refractivity contribution in [2.24, 2.45) is 5.73 Å². The standard InChI is InChI=1S/C13H18BrNO2/c1-13(2,15)8-10(16)6-9-7-11(17-3)4-5-12(9)14/h4-5,7H,6,8,15H2,1-3H3. The van der Waals surface area contributed by atoms with Crippen LogP contribution >= 0.6 is 15.9 Å². The number of rotatable bonds is 5. The van der Waals surface area contributed by atoms with E-state index in [4.69, 9.17) is 10.5 Å². The lowest BCUT2D eigenvalue weighted by Gasteiger charge is -2.17. The quantitative estimate of drug-likeness (QED) is 0.909. The van der Waals surface area contributed by atoms with Crippen molar-refractivity contribution in [3.63, 3.8) is 0 Å². The largest absolute Gasteiger partial charge is 0.497 e. The van der Waals surface area contributed by atoms with Gasteiger partial charge in [-0.1, -0.05) is 15.9 Å². The van der Waals surface area contributed by atoms with Crippen molar-refractivity contribution in [3.8, 4) is 5.75 Å². The van der Waals surface area contributed by atoms with Gasteiger partial charge in [0.1, 0.15) is 11.5 Å². The van der Waals surface area contributed by atoms with Crippen molar-refractivity contribution in [3.05, 3.63) is 28.2 Å². The van der Waals surface area contributed by atoms with E-state index >= 15 is 0 Å². The third-order valence-corrected chi connectivity index (χ3v) is 3.07. The van der Waals surface area contributed by atoms with Crippen molar-refractivity contribution in [1.29, 1.82) is 0 Å². The molecule has 0 aliphatic rings. The number of carbonyl (C=O) groups excluding carboxylic acids is 1. The highest BCUT2D eigenvalue weighted by Crippen LogP contribution is 2.23. The Balaban J connectivity index is 2.77. The molecule has 0 spiro atoms. The van der Waals surface area contributed by atoms with Crippen LogP contribution < -0.4 is 10.5 Å². The normalized spacial score (nSPS) is 11.4. The van der Waals surface area contributed by atoms with Gasteiger partial charge in [-0.2, -0.15) is 0 Å². The summed E-state index contributed by atoms with van der Waals surface area (Å²) in [5, 5.41) is 0. The number of benzene rings is 1. The van der Waals surface area contributed by atoms with Crippen molar-refractivity contribution in [2.45, 2.75) is 32.2 Å². The predicted octanol–water partition coefficient (Wildman–Crippen LogP) is 2.70. The Morgan fingerprint density at radius 3 is 2.65 bits per heavy atom. The van der Waals surface area contributed by atoms with Gasteiger partial charge in [0.2, 0.25) is 0 Å². The molecule has 94 valence electrons. The van der Waals surface area contributed by atoms with Crippen molar-refractivity contribution in [2.75, 3.05) is 7.11 Å². The van der Waals surface area contributed by atoms with Crippen LogP contribution in [0.4, 0.5) is 0 Å². The van der Waals surface area contributed by atoms with Gasteiger partial charge in [0.15, 0.2) is 0 Å². The third kappa shape index (κ3) is 4.88. The van der Waals surface area contributed by atoms with Crippen LogP contribution in [0, 0.1) is 0 Å². The topological polar surface area (TPSA) is 52.3 Å². The van der Waals surface area contributed by atoms with Crippen LogP contribution in [0.3, 0.4) is 0 Å². The van der Waals surface area contributed by atoms with Gasteiger partial charge in [-0.15, -0.1) is 0 Å². The van der Waals surface area contributed by atoms with E-state index in [-0.39, 0.29) is 5.78 Å². The zero-order valence-electron chi connectivity index (χ0n) is 10.4. The molecule has 0 heterocycles. The minimum atomic E-state index is -0.456. The Labute approximate surface area is 110 Å². The molecule has 4 heteroatoms. The summed E-state index contributed by atoms with van der Waals surface area (Å²) in [6, 6.07) is 5.60. The first-order chi connectivity index (χ1) is 7.81. The molecule has 0 radical (unpaired) electrons.